The minimum absolute atomic E-state index is 0.235. The fourth-order valence-electron chi connectivity index (χ4n) is 3.16. The van der Waals surface area contributed by atoms with Gasteiger partial charge in [0, 0.05) is 33.5 Å². The van der Waals surface area contributed by atoms with E-state index in [1.54, 1.807) is 24.3 Å². The molecule has 0 aliphatic carbocycles. The molecule has 1 aliphatic heterocycles. The molecule has 0 unspecified atom stereocenters. The van der Waals surface area contributed by atoms with E-state index >= 15 is 0 Å². The van der Waals surface area contributed by atoms with E-state index < -0.39 is 25.0 Å². The second-order valence-electron chi connectivity index (χ2n) is 6.93. The summed E-state index contributed by atoms with van der Waals surface area (Å²) in [5.41, 5.74) is 2.87. The number of carbonyl (C=O) groups is 1. The number of ether oxygens (including phenoxy) is 1. The first kappa shape index (κ1) is 21.9. The zero-order valence-electron chi connectivity index (χ0n) is 16.9. The SMILES string of the molecule is COc1cccc(C2=Nc3cc(C(=O)NCCC(F)(F)F)ccc3Sc3ccccc32)n1. The molecule has 2 aromatic carbocycles. The summed E-state index contributed by atoms with van der Waals surface area (Å²) in [4.78, 5) is 23.5. The van der Waals surface area contributed by atoms with Crippen molar-refractivity contribution in [3.8, 4) is 5.88 Å². The first-order valence-electron chi connectivity index (χ1n) is 9.70. The number of hydrogen-bond donors (Lipinski definition) is 1. The van der Waals surface area contributed by atoms with Gasteiger partial charge < -0.3 is 10.1 Å². The fourth-order valence-corrected chi connectivity index (χ4v) is 4.16. The van der Waals surface area contributed by atoms with Crippen LogP contribution in [-0.4, -0.2) is 36.4 Å². The summed E-state index contributed by atoms with van der Waals surface area (Å²) >= 11 is 1.50. The molecule has 0 saturated heterocycles. The van der Waals surface area contributed by atoms with Crippen molar-refractivity contribution < 1.29 is 22.7 Å². The highest BCUT2D eigenvalue weighted by molar-refractivity contribution is 7.99. The summed E-state index contributed by atoms with van der Waals surface area (Å²) in [6, 6.07) is 18.0. The maximum Gasteiger partial charge on any atom is 0.390 e. The number of hydrogen-bond acceptors (Lipinski definition) is 5. The number of nitrogens with one attached hydrogen (secondary N) is 1. The van der Waals surface area contributed by atoms with E-state index in [9.17, 15) is 18.0 Å². The summed E-state index contributed by atoms with van der Waals surface area (Å²) in [5.74, 6) is -0.141. The Balaban J connectivity index is 1.72. The van der Waals surface area contributed by atoms with Crippen molar-refractivity contribution in [2.24, 2.45) is 4.99 Å². The Bertz CT molecular complexity index is 1200. The molecule has 0 fully saturated rings. The number of alkyl halides is 3. The Hall–Kier alpha value is -3.33. The molecule has 9 heteroatoms. The van der Waals surface area contributed by atoms with Crippen LogP contribution in [0.4, 0.5) is 18.9 Å². The first-order valence-corrected chi connectivity index (χ1v) is 10.5. The van der Waals surface area contributed by atoms with Crippen LogP contribution in [-0.2, 0) is 0 Å². The zero-order chi connectivity index (χ0) is 22.7. The third kappa shape index (κ3) is 4.94. The lowest BCUT2D eigenvalue weighted by Gasteiger charge is -2.09. The molecule has 0 spiro atoms. The molecule has 164 valence electrons. The van der Waals surface area contributed by atoms with Crippen molar-refractivity contribution in [1.82, 2.24) is 10.3 Å². The number of methoxy groups -OCH3 is 1. The molecule has 2 heterocycles. The molecular weight excluding hydrogens is 439 g/mol. The van der Waals surface area contributed by atoms with Crippen LogP contribution in [0.1, 0.15) is 28.0 Å². The molecule has 5 nitrogen and oxygen atoms in total. The van der Waals surface area contributed by atoms with Crippen LogP contribution in [0.3, 0.4) is 0 Å². The number of amides is 1. The number of nitrogens with zero attached hydrogens (tertiary/aromatic N) is 2. The quantitative estimate of drug-likeness (QED) is 0.436. The lowest BCUT2D eigenvalue weighted by Crippen LogP contribution is -2.27. The molecule has 4 rings (SSSR count). The van der Waals surface area contributed by atoms with E-state index in [1.165, 1.54) is 18.9 Å². The Kier molecular flexibility index (Phi) is 6.18. The van der Waals surface area contributed by atoms with Crippen LogP contribution >= 0.6 is 11.8 Å². The van der Waals surface area contributed by atoms with Crippen LogP contribution in [0, 0.1) is 0 Å². The number of pyridine rings is 1. The van der Waals surface area contributed by atoms with Crippen LogP contribution in [0.15, 0.2) is 75.4 Å². The first-order chi connectivity index (χ1) is 15.3. The molecular formula is C23H18F3N3O2S. The average Bonchev–Trinajstić information content (AvgIpc) is 2.94. The Morgan fingerprint density at radius 1 is 1.06 bits per heavy atom. The second-order valence-corrected chi connectivity index (χ2v) is 8.01. The number of aromatic nitrogens is 1. The summed E-state index contributed by atoms with van der Waals surface area (Å²) in [5, 5.41) is 2.31. The van der Waals surface area contributed by atoms with Gasteiger partial charge in [-0.1, -0.05) is 36.0 Å². The van der Waals surface area contributed by atoms with Crippen molar-refractivity contribution in [1.29, 1.82) is 0 Å². The Morgan fingerprint density at radius 2 is 1.88 bits per heavy atom. The van der Waals surface area contributed by atoms with E-state index in [0.717, 1.165) is 15.4 Å². The van der Waals surface area contributed by atoms with Gasteiger partial charge in [0.15, 0.2) is 0 Å². The highest BCUT2D eigenvalue weighted by atomic mass is 32.2. The summed E-state index contributed by atoms with van der Waals surface area (Å²) in [7, 11) is 1.53. The fraction of sp³-hybridized carbons (Fsp3) is 0.174. The van der Waals surface area contributed by atoms with Crippen LogP contribution < -0.4 is 10.1 Å². The topological polar surface area (TPSA) is 63.6 Å². The van der Waals surface area contributed by atoms with Crippen molar-refractivity contribution in [2.75, 3.05) is 13.7 Å². The molecule has 1 amide bonds. The van der Waals surface area contributed by atoms with Crippen molar-refractivity contribution >= 4 is 29.1 Å². The molecule has 0 radical (unpaired) electrons. The van der Waals surface area contributed by atoms with Gasteiger partial charge in [0.05, 0.1) is 30.6 Å². The van der Waals surface area contributed by atoms with Crippen LogP contribution in [0.25, 0.3) is 0 Å². The van der Waals surface area contributed by atoms with Gasteiger partial charge in [-0.3, -0.25) is 4.79 Å². The lowest BCUT2D eigenvalue weighted by atomic mass is 10.1. The minimum Gasteiger partial charge on any atom is -0.481 e. The van der Waals surface area contributed by atoms with Gasteiger partial charge in [0.2, 0.25) is 5.88 Å². The monoisotopic (exact) mass is 457 g/mol. The zero-order valence-corrected chi connectivity index (χ0v) is 17.8. The van der Waals surface area contributed by atoms with Crippen LogP contribution in [0.5, 0.6) is 5.88 Å². The molecule has 32 heavy (non-hydrogen) atoms. The van der Waals surface area contributed by atoms with Gasteiger partial charge >= 0.3 is 6.18 Å². The highest BCUT2D eigenvalue weighted by Crippen LogP contribution is 2.41. The smallest absolute Gasteiger partial charge is 0.390 e. The molecule has 0 bridgehead atoms. The lowest BCUT2D eigenvalue weighted by molar-refractivity contribution is -0.132. The molecule has 3 aromatic rings. The maximum atomic E-state index is 12.4. The van der Waals surface area contributed by atoms with Gasteiger partial charge in [-0.05, 0) is 30.3 Å². The molecule has 0 saturated carbocycles. The Morgan fingerprint density at radius 3 is 2.66 bits per heavy atom. The summed E-state index contributed by atoms with van der Waals surface area (Å²) in [6.07, 6.45) is -5.41. The van der Waals surface area contributed by atoms with Crippen LogP contribution in [0.2, 0.25) is 0 Å². The highest BCUT2D eigenvalue weighted by Gasteiger charge is 2.27. The van der Waals surface area contributed by atoms with Gasteiger partial charge in [-0.15, -0.1) is 0 Å². The minimum atomic E-state index is -4.33. The molecule has 1 aliphatic rings. The van der Waals surface area contributed by atoms with Gasteiger partial charge in [-0.2, -0.15) is 13.2 Å². The van der Waals surface area contributed by atoms with Gasteiger partial charge in [0.25, 0.3) is 5.91 Å². The van der Waals surface area contributed by atoms with Gasteiger partial charge in [0.1, 0.15) is 0 Å². The van der Waals surface area contributed by atoms with E-state index in [1.807, 2.05) is 36.4 Å². The number of halogens is 3. The predicted octanol–water partition coefficient (Wildman–Crippen LogP) is 5.41. The number of rotatable bonds is 5. The largest absolute Gasteiger partial charge is 0.481 e. The predicted molar refractivity (Wildman–Crippen MR) is 116 cm³/mol. The number of carbonyl (C=O) groups excluding carboxylic acids is 1. The van der Waals surface area contributed by atoms with E-state index in [-0.39, 0.29) is 5.56 Å². The number of aliphatic imine (C=N–C) groups is 1. The average molecular weight is 457 g/mol. The Labute approximate surface area is 186 Å². The standard InChI is InChI=1S/C23H18F3N3O2S/c1-31-20-8-4-6-16(28-20)21-15-5-2-3-7-18(15)32-19-10-9-14(13-17(19)29-21)22(30)27-12-11-23(24,25)26/h2-10,13H,11-12H2,1H3,(H,27,30). The van der Waals surface area contributed by atoms with Crippen molar-refractivity contribution in [3.63, 3.8) is 0 Å². The molecule has 1 aromatic heterocycles. The van der Waals surface area contributed by atoms with Crippen molar-refractivity contribution in [3.05, 3.63) is 77.5 Å². The normalized spacial score (nSPS) is 12.8. The van der Waals surface area contributed by atoms with E-state index in [2.05, 4.69) is 10.3 Å². The summed E-state index contributed by atoms with van der Waals surface area (Å²) in [6.45, 7) is -0.484. The third-order valence-electron chi connectivity index (χ3n) is 4.68. The summed E-state index contributed by atoms with van der Waals surface area (Å²) < 4.78 is 42.4. The molecule has 1 N–H and O–H groups in total. The maximum absolute atomic E-state index is 12.4. The van der Waals surface area contributed by atoms with Crippen molar-refractivity contribution in [2.45, 2.75) is 22.4 Å². The number of benzene rings is 2. The number of fused-ring (bicyclic) bond motifs is 2. The molecule has 0 atom stereocenters. The second kappa shape index (κ2) is 9.04. The van der Waals surface area contributed by atoms with E-state index in [0.29, 0.717) is 23.0 Å². The van der Waals surface area contributed by atoms with Gasteiger partial charge in [-0.25, -0.2) is 9.98 Å². The third-order valence-corrected chi connectivity index (χ3v) is 5.83. The van der Waals surface area contributed by atoms with E-state index in [4.69, 9.17) is 9.73 Å².